The molecule has 0 saturated carbocycles. The van der Waals surface area contributed by atoms with Gasteiger partial charge in [-0.25, -0.2) is 4.98 Å². The molecular weight excluding hydrogens is 338 g/mol. The highest BCUT2D eigenvalue weighted by molar-refractivity contribution is 14.1. The zero-order valence-electron chi connectivity index (χ0n) is 8.23. The van der Waals surface area contributed by atoms with E-state index in [1.807, 2.05) is 24.3 Å². The lowest BCUT2D eigenvalue weighted by Gasteiger charge is -2.05. The third kappa shape index (κ3) is 2.62. The van der Waals surface area contributed by atoms with Crippen LogP contribution in [-0.2, 0) is 6.54 Å². The predicted molar refractivity (Wildman–Crippen MR) is 71.8 cm³/mol. The van der Waals surface area contributed by atoms with Crippen LogP contribution in [0.15, 0.2) is 41.5 Å². The van der Waals surface area contributed by atoms with Crippen molar-refractivity contribution in [2.45, 2.75) is 6.54 Å². The molecule has 0 aliphatic carbocycles. The molecular formula is C11H8ClIN2O. The van der Waals surface area contributed by atoms with Crippen LogP contribution in [0, 0.1) is 3.57 Å². The van der Waals surface area contributed by atoms with Gasteiger partial charge >= 0.3 is 0 Å². The van der Waals surface area contributed by atoms with Gasteiger partial charge in [0.1, 0.15) is 0 Å². The van der Waals surface area contributed by atoms with Gasteiger partial charge in [0.2, 0.25) is 0 Å². The van der Waals surface area contributed by atoms with Gasteiger partial charge in [0, 0.05) is 16.0 Å². The molecule has 0 N–H and O–H groups in total. The summed E-state index contributed by atoms with van der Waals surface area (Å²) in [6.07, 6.45) is 3.16. The molecule has 82 valence electrons. The van der Waals surface area contributed by atoms with Crippen LogP contribution < -0.4 is 5.56 Å². The van der Waals surface area contributed by atoms with E-state index < -0.39 is 0 Å². The number of rotatable bonds is 2. The summed E-state index contributed by atoms with van der Waals surface area (Å²) in [7, 11) is 0. The van der Waals surface area contributed by atoms with Gasteiger partial charge in [-0.05, 0) is 40.3 Å². The first-order valence-corrected chi connectivity index (χ1v) is 6.08. The average Bonchev–Trinajstić information content (AvgIpc) is 2.28. The monoisotopic (exact) mass is 346 g/mol. The lowest BCUT2D eigenvalue weighted by molar-refractivity contribution is 0.748. The Hall–Kier alpha value is -0.880. The number of aromatic nitrogens is 2. The topological polar surface area (TPSA) is 34.9 Å². The van der Waals surface area contributed by atoms with Crippen LogP contribution in [-0.4, -0.2) is 9.55 Å². The molecule has 2 aromatic rings. The molecule has 0 aliphatic rings. The van der Waals surface area contributed by atoms with Crippen molar-refractivity contribution in [2.24, 2.45) is 0 Å². The molecule has 5 heteroatoms. The van der Waals surface area contributed by atoms with Crippen LogP contribution >= 0.6 is 34.2 Å². The van der Waals surface area contributed by atoms with E-state index in [2.05, 4.69) is 27.6 Å². The van der Waals surface area contributed by atoms with Crippen molar-refractivity contribution < 1.29 is 0 Å². The van der Waals surface area contributed by atoms with Crippen molar-refractivity contribution in [2.75, 3.05) is 0 Å². The third-order valence-electron chi connectivity index (χ3n) is 2.14. The smallest absolute Gasteiger partial charge is 0.288 e. The molecule has 3 nitrogen and oxygen atoms in total. The largest absolute Gasteiger partial charge is 0.307 e. The minimum Gasteiger partial charge on any atom is -0.307 e. The van der Waals surface area contributed by atoms with Crippen LogP contribution in [0.4, 0.5) is 0 Å². The summed E-state index contributed by atoms with van der Waals surface area (Å²) >= 11 is 7.90. The molecule has 0 unspecified atom stereocenters. The molecule has 1 aromatic heterocycles. The molecule has 0 radical (unpaired) electrons. The van der Waals surface area contributed by atoms with E-state index in [-0.39, 0.29) is 10.7 Å². The minimum atomic E-state index is -0.261. The molecule has 0 atom stereocenters. The summed E-state index contributed by atoms with van der Waals surface area (Å²) in [5.41, 5.74) is 0.799. The van der Waals surface area contributed by atoms with Crippen molar-refractivity contribution in [3.63, 3.8) is 0 Å². The standard InChI is InChI=1S/C11H8ClIN2O/c12-10-11(16)15(6-5-14-10)7-8-1-3-9(13)4-2-8/h1-6H,7H2. The maximum Gasteiger partial charge on any atom is 0.288 e. The molecule has 0 aliphatic heterocycles. The molecule has 1 aromatic carbocycles. The number of halogens is 2. The van der Waals surface area contributed by atoms with Gasteiger partial charge in [0.05, 0.1) is 6.54 Å². The Labute approximate surface area is 111 Å². The van der Waals surface area contributed by atoms with Crippen molar-refractivity contribution in [1.82, 2.24) is 9.55 Å². The molecule has 0 bridgehead atoms. The highest BCUT2D eigenvalue weighted by atomic mass is 127. The molecule has 0 amide bonds. The second kappa shape index (κ2) is 4.97. The van der Waals surface area contributed by atoms with E-state index in [1.54, 1.807) is 6.20 Å². The Morgan fingerprint density at radius 2 is 2.00 bits per heavy atom. The number of benzene rings is 1. The Kier molecular flexibility index (Phi) is 3.60. The number of hydrogen-bond donors (Lipinski definition) is 0. The van der Waals surface area contributed by atoms with Gasteiger partial charge in [-0.3, -0.25) is 4.79 Å². The first-order valence-electron chi connectivity index (χ1n) is 4.62. The van der Waals surface area contributed by atoms with E-state index in [1.165, 1.54) is 14.3 Å². The van der Waals surface area contributed by atoms with E-state index >= 15 is 0 Å². The van der Waals surface area contributed by atoms with E-state index in [0.717, 1.165) is 5.56 Å². The van der Waals surface area contributed by atoms with Crippen molar-refractivity contribution >= 4 is 34.2 Å². The van der Waals surface area contributed by atoms with Gasteiger partial charge in [0.25, 0.3) is 5.56 Å². The molecule has 0 spiro atoms. The average molecular weight is 347 g/mol. The SMILES string of the molecule is O=c1c(Cl)nccn1Cc1ccc(I)cc1. The van der Waals surface area contributed by atoms with Gasteiger partial charge in [-0.15, -0.1) is 0 Å². The molecule has 16 heavy (non-hydrogen) atoms. The Bertz CT molecular complexity index is 551. The van der Waals surface area contributed by atoms with Crippen LogP contribution in [0.5, 0.6) is 0 Å². The fraction of sp³-hybridized carbons (Fsp3) is 0.0909. The lowest BCUT2D eigenvalue weighted by Crippen LogP contribution is -2.21. The van der Waals surface area contributed by atoms with Crippen molar-refractivity contribution in [3.05, 3.63) is 61.3 Å². The maximum atomic E-state index is 11.6. The maximum absolute atomic E-state index is 11.6. The lowest BCUT2D eigenvalue weighted by atomic mass is 10.2. The summed E-state index contributed by atoms with van der Waals surface area (Å²) in [6, 6.07) is 7.98. The van der Waals surface area contributed by atoms with Crippen LogP contribution in [0.1, 0.15) is 5.56 Å². The Morgan fingerprint density at radius 3 is 2.69 bits per heavy atom. The van der Waals surface area contributed by atoms with Gasteiger partial charge in [-0.2, -0.15) is 0 Å². The van der Waals surface area contributed by atoms with Gasteiger partial charge in [0.15, 0.2) is 5.15 Å². The second-order valence-corrected chi connectivity index (χ2v) is 4.88. The van der Waals surface area contributed by atoms with Crippen LogP contribution in [0.3, 0.4) is 0 Å². The second-order valence-electron chi connectivity index (χ2n) is 3.28. The number of hydrogen-bond acceptors (Lipinski definition) is 2. The van der Waals surface area contributed by atoms with Gasteiger partial charge < -0.3 is 4.57 Å². The molecule has 2 rings (SSSR count). The fourth-order valence-corrected chi connectivity index (χ4v) is 1.86. The summed E-state index contributed by atoms with van der Waals surface area (Å²) < 4.78 is 2.71. The Balaban J connectivity index is 2.31. The minimum absolute atomic E-state index is 0.00742. The number of nitrogens with zero attached hydrogens (tertiary/aromatic N) is 2. The van der Waals surface area contributed by atoms with E-state index in [4.69, 9.17) is 11.6 Å². The fourth-order valence-electron chi connectivity index (χ4n) is 1.33. The first kappa shape index (κ1) is 11.6. The highest BCUT2D eigenvalue weighted by Gasteiger charge is 2.02. The molecule has 0 fully saturated rings. The quantitative estimate of drug-likeness (QED) is 0.783. The van der Waals surface area contributed by atoms with E-state index in [9.17, 15) is 4.79 Å². The summed E-state index contributed by atoms with van der Waals surface area (Å²) in [6.45, 7) is 0.512. The first-order chi connectivity index (χ1) is 7.66. The zero-order valence-corrected chi connectivity index (χ0v) is 11.1. The van der Waals surface area contributed by atoms with Gasteiger partial charge in [-0.1, -0.05) is 23.7 Å². The normalized spacial score (nSPS) is 10.4. The molecule has 0 saturated heterocycles. The van der Waals surface area contributed by atoms with E-state index in [0.29, 0.717) is 6.54 Å². The van der Waals surface area contributed by atoms with Crippen LogP contribution in [0.25, 0.3) is 0 Å². The van der Waals surface area contributed by atoms with Crippen LogP contribution in [0.2, 0.25) is 5.15 Å². The third-order valence-corrected chi connectivity index (χ3v) is 3.12. The Morgan fingerprint density at radius 1 is 1.31 bits per heavy atom. The van der Waals surface area contributed by atoms with Crippen molar-refractivity contribution in [3.8, 4) is 0 Å². The highest BCUT2D eigenvalue weighted by Crippen LogP contribution is 2.07. The predicted octanol–water partition coefficient (Wildman–Crippen LogP) is 2.55. The zero-order chi connectivity index (χ0) is 11.5. The summed E-state index contributed by atoms with van der Waals surface area (Å²) in [4.78, 5) is 15.3. The summed E-state index contributed by atoms with van der Waals surface area (Å²) in [5, 5.41) is 0.00742. The molecule has 1 heterocycles. The van der Waals surface area contributed by atoms with Crippen molar-refractivity contribution in [1.29, 1.82) is 0 Å². The summed E-state index contributed by atoms with van der Waals surface area (Å²) in [5.74, 6) is 0.